The van der Waals surface area contributed by atoms with Crippen LogP contribution in [0.5, 0.6) is 5.75 Å². The smallest absolute Gasteiger partial charge is 0.407 e. The normalized spacial score (nSPS) is 18.7. The molecule has 1 amide bonds. The maximum absolute atomic E-state index is 11.0. The van der Waals surface area contributed by atoms with Crippen molar-refractivity contribution in [3.05, 3.63) is 30.0 Å². The zero-order valence-corrected chi connectivity index (χ0v) is 10.0. The fraction of sp³-hybridized carbons (Fsp3) is 0.308. The van der Waals surface area contributed by atoms with Gasteiger partial charge in [-0.3, -0.25) is 0 Å². The Morgan fingerprint density at radius 3 is 3.11 bits per heavy atom. The summed E-state index contributed by atoms with van der Waals surface area (Å²) in [6.07, 6.45) is 2.38. The van der Waals surface area contributed by atoms with Crippen molar-refractivity contribution in [3.63, 3.8) is 0 Å². The first kappa shape index (κ1) is 11.0. The molecule has 1 saturated heterocycles. The first-order valence-corrected chi connectivity index (χ1v) is 5.83. The Morgan fingerprint density at radius 1 is 1.50 bits per heavy atom. The zero-order chi connectivity index (χ0) is 12.5. The summed E-state index contributed by atoms with van der Waals surface area (Å²) in [5.74, 6) is 0.829. The van der Waals surface area contributed by atoms with E-state index in [0.717, 1.165) is 28.6 Å². The van der Waals surface area contributed by atoms with Crippen molar-refractivity contribution in [2.75, 3.05) is 13.7 Å². The van der Waals surface area contributed by atoms with Crippen molar-refractivity contribution < 1.29 is 14.3 Å². The Labute approximate surface area is 104 Å². The minimum absolute atomic E-state index is 0.0442. The lowest BCUT2D eigenvalue weighted by Crippen LogP contribution is -2.28. The first-order chi connectivity index (χ1) is 8.76. The standard InChI is InChI=1S/C13H14N2O3/c1-17-10-2-3-12-11(5-10)8(6-14-12)4-9-7-18-13(16)15-9/h2-3,5-6,9,14H,4,7H2,1H3,(H,15,16). The molecule has 5 heteroatoms. The van der Waals surface area contributed by atoms with E-state index in [4.69, 9.17) is 9.47 Å². The topological polar surface area (TPSA) is 63.4 Å². The largest absolute Gasteiger partial charge is 0.497 e. The Balaban J connectivity index is 1.89. The number of carbonyl (C=O) groups is 1. The second-order valence-electron chi connectivity index (χ2n) is 4.37. The summed E-state index contributed by atoms with van der Waals surface area (Å²) in [7, 11) is 1.65. The summed E-state index contributed by atoms with van der Waals surface area (Å²) in [5, 5.41) is 3.90. The van der Waals surface area contributed by atoms with Crippen LogP contribution in [0.3, 0.4) is 0 Å². The number of alkyl carbamates (subject to hydrolysis) is 1. The van der Waals surface area contributed by atoms with Gasteiger partial charge in [-0.15, -0.1) is 0 Å². The third-order valence-electron chi connectivity index (χ3n) is 3.18. The van der Waals surface area contributed by atoms with Crippen molar-refractivity contribution in [1.82, 2.24) is 10.3 Å². The fourth-order valence-corrected chi connectivity index (χ4v) is 2.26. The minimum Gasteiger partial charge on any atom is -0.497 e. The summed E-state index contributed by atoms with van der Waals surface area (Å²) >= 11 is 0. The van der Waals surface area contributed by atoms with Gasteiger partial charge in [0.1, 0.15) is 12.4 Å². The van der Waals surface area contributed by atoms with Gasteiger partial charge in [0.15, 0.2) is 0 Å². The van der Waals surface area contributed by atoms with Gasteiger partial charge in [0, 0.05) is 17.1 Å². The fourth-order valence-electron chi connectivity index (χ4n) is 2.26. The van der Waals surface area contributed by atoms with Crippen molar-refractivity contribution in [1.29, 1.82) is 0 Å². The van der Waals surface area contributed by atoms with Crippen LogP contribution < -0.4 is 10.1 Å². The number of nitrogens with one attached hydrogen (secondary N) is 2. The molecule has 1 aliphatic rings. The van der Waals surface area contributed by atoms with Gasteiger partial charge >= 0.3 is 6.09 Å². The monoisotopic (exact) mass is 246 g/mol. The maximum atomic E-state index is 11.0. The van der Waals surface area contributed by atoms with E-state index in [1.165, 1.54) is 0 Å². The lowest BCUT2D eigenvalue weighted by molar-refractivity contribution is 0.177. The number of cyclic esters (lactones) is 1. The van der Waals surface area contributed by atoms with E-state index < -0.39 is 0 Å². The van der Waals surface area contributed by atoms with Crippen LogP contribution in [0.2, 0.25) is 0 Å². The highest BCUT2D eigenvalue weighted by molar-refractivity contribution is 5.84. The van der Waals surface area contributed by atoms with Gasteiger partial charge in [-0.2, -0.15) is 0 Å². The first-order valence-electron chi connectivity index (χ1n) is 5.83. The zero-order valence-electron chi connectivity index (χ0n) is 10.0. The predicted octanol–water partition coefficient (Wildman–Crippen LogP) is 1.83. The van der Waals surface area contributed by atoms with E-state index in [2.05, 4.69) is 10.3 Å². The van der Waals surface area contributed by atoms with Gasteiger partial charge in [0.25, 0.3) is 0 Å². The molecule has 94 valence electrons. The molecule has 5 nitrogen and oxygen atoms in total. The molecule has 0 bridgehead atoms. The molecule has 0 aliphatic carbocycles. The molecule has 1 aromatic carbocycles. The van der Waals surface area contributed by atoms with Crippen LogP contribution in [0.25, 0.3) is 10.9 Å². The molecule has 1 aromatic heterocycles. The number of ether oxygens (including phenoxy) is 2. The Morgan fingerprint density at radius 2 is 2.39 bits per heavy atom. The molecule has 0 saturated carbocycles. The average Bonchev–Trinajstić information content (AvgIpc) is 2.96. The Hall–Kier alpha value is -2.17. The number of aromatic amines is 1. The molecule has 1 aliphatic heterocycles. The van der Waals surface area contributed by atoms with Gasteiger partial charge in [-0.25, -0.2) is 4.79 Å². The summed E-state index contributed by atoms with van der Waals surface area (Å²) < 4.78 is 10.1. The summed E-state index contributed by atoms with van der Waals surface area (Å²) in [5.41, 5.74) is 2.22. The van der Waals surface area contributed by atoms with Crippen LogP contribution in [0.1, 0.15) is 5.56 Å². The van der Waals surface area contributed by atoms with Crippen molar-refractivity contribution >= 4 is 17.0 Å². The second kappa shape index (κ2) is 4.25. The molecular formula is C13H14N2O3. The number of methoxy groups -OCH3 is 1. The molecule has 2 N–H and O–H groups in total. The number of carbonyl (C=O) groups excluding carboxylic acids is 1. The van der Waals surface area contributed by atoms with Crippen LogP contribution >= 0.6 is 0 Å². The van der Waals surface area contributed by atoms with Gasteiger partial charge in [0.2, 0.25) is 0 Å². The summed E-state index contributed by atoms with van der Waals surface area (Å²) in [6, 6.07) is 5.95. The molecule has 0 spiro atoms. The van der Waals surface area contributed by atoms with Crippen LogP contribution in [-0.4, -0.2) is 30.8 Å². The Bertz CT molecular complexity index is 591. The van der Waals surface area contributed by atoms with Crippen molar-refractivity contribution in [3.8, 4) is 5.75 Å². The molecule has 2 heterocycles. The van der Waals surface area contributed by atoms with Crippen molar-refractivity contribution in [2.45, 2.75) is 12.5 Å². The van der Waals surface area contributed by atoms with E-state index in [1.807, 2.05) is 24.4 Å². The van der Waals surface area contributed by atoms with Crippen LogP contribution in [-0.2, 0) is 11.2 Å². The lowest BCUT2D eigenvalue weighted by Gasteiger charge is -2.06. The van der Waals surface area contributed by atoms with E-state index >= 15 is 0 Å². The van der Waals surface area contributed by atoms with E-state index in [-0.39, 0.29) is 12.1 Å². The number of hydrogen-bond donors (Lipinski definition) is 2. The third-order valence-corrected chi connectivity index (χ3v) is 3.18. The average molecular weight is 246 g/mol. The molecule has 3 rings (SSSR count). The SMILES string of the molecule is COc1ccc2[nH]cc(CC3COC(=O)N3)c2c1. The molecule has 18 heavy (non-hydrogen) atoms. The number of benzene rings is 1. The number of fused-ring (bicyclic) bond motifs is 1. The number of hydrogen-bond acceptors (Lipinski definition) is 3. The van der Waals surface area contributed by atoms with E-state index in [1.54, 1.807) is 7.11 Å². The summed E-state index contributed by atoms with van der Waals surface area (Å²) in [6.45, 7) is 0.426. The Kier molecular flexibility index (Phi) is 2.59. The van der Waals surface area contributed by atoms with Gasteiger partial charge < -0.3 is 19.8 Å². The molecule has 1 fully saturated rings. The van der Waals surface area contributed by atoms with Gasteiger partial charge in [-0.05, 0) is 30.2 Å². The number of H-pyrrole nitrogens is 1. The minimum atomic E-state index is -0.336. The van der Waals surface area contributed by atoms with Crippen LogP contribution in [0, 0.1) is 0 Å². The highest BCUT2D eigenvalue weighted by atomic mass is 16.6. The third kappa shape index (κ3) is 1.88. The highest BCUT2D eigenvalue weighted by Crippen LogP contribution is 2.24. The molecular weight excluding hydrogens is 232 g/mol. The predicted molar refractivity (Wildman–Crippen MR) is 66.8 cm³/mol. The number of rotatable bonds is 3. The number of aromatic nitrogens is 1. The van der Waals surface area contributed by atoms with Gasteiger partial charge in [0.05, 0.1) is 13.2 Å². The molecule has 0 radical (unpaired) electrons. The molecule has 1 unspecified atom stereocenters. The van der Waals surface area contributed by atoms with Gasteiger partial charge in [-0.1, -0.05) is 0 Å². The van der Waals surface area contributed by atoms with Crippen LogP contribution in [0.4, 0.5) is 4.79 Å². The molecule has 1 atom stereocenters. The quantitative estimate of drug-likeness (QED) is 0.868. The van der Waals surface area contributed by atoms with E-state index in [9.17, 15) is 4.79 Å². The highest BCUT2D eigenvalue weighted by Gasteiger charge is 2.23. The second-order valence-corrected chi connectivity index (χ2v) is 4.37. The molecule has 2 aromatic rings. The summed E-state index contributed by atoms with van der Waals surface area (Å²) in [4.78, 5) is 14.2. The maximum Gasteiger partial charge on any atom is 0.407 e. The van der Waals surface area contributed by atoms with E-state index in [0.29, 0.717) is 6.61 Å². The number of amides is 1. The van der Waals surface area contributed by atoms with Crippen molar-refractivity contribution in [2.24, 2.45) is 0 Å². The van der Waals surface area contributed by atoms with Crippen LogP contribution in [0.15, 0.2) is 24.4 Å². The lowest BCUT2D eigenvalue weighted by atomic mass is 10.1.